The third kappa shape index (κ3) is 4.63. The van der Waals surface area contributed by atoms with Gasteiger partial charge < -0.3 is 10.1 Å². The number of amides is 1. The van der Waals surface area contributed by atoms with Crippen molar-refractivity contribution < 1.29 is 13.9 Å². The summed E-state index contributed by atoms with van der Waals surface area (Å²) < 4.78 is 18.2. The molecule has 2 unspecified atom stereocenters. The molecule has 20 heavy (non-hydrogen) atoms. The first-order valence-electron chi connectivity index (χ1n) is 6.08. The number of carbonyl (C=O) groups is 1. The van der Waals surface area contributed by atoms with E-state index in [9.17, 15) is 9.18 Å². The number of carbonyl (C=O) groups excluding carboxylic acids is 1. The fraction of sp³-hybridized carbons (Fsp3) is 0.462. The Balaban J connectivity index is 0.00000200. The topological polar surface area (TPSA) is 50.4 Å². The zero-order valence-electron chi connectivity index (χ0n) is 11.1. The predicted molar refractivity (Wildman–Crippen MR) is 80.7 cm³/mol. The van der Waals surface area contributed by atoms with Crippen LogP contribution in [0.1, 0.15) is 11.7 Å². The van der Waals surface area contributed by atoms with Crippen LogP contribution in [0, 0.1) is 5.82 Å². The van der Waals surface area contributed by atoms with Crippen molar-refractivity contribution in [2.45, 2.75) is 12.1 Å². The minimum Gasteiger partial charge on any atom is -0.375 e. The van der Waals surface area contributed by atoms with Gasteiger partial charge in [-0.3, -0.25) is 10.1 Å². The summed E-state index contributed by atoms with van der Waals surface area (Å²) in [7, 11) is 1.57. The average Bonchev–Trinajstić information content (AvgIpc) is 2.95. The molecule has 1 aromatic rings. The zero-order valence-corrected chi connectivity index (χ0v) is 12.7. The molecule has 1 amide bonds. The molecular weight excluding hydrogens is 303 g/mol. The smallest absolute Gasteiger partial charge is 0.238 e. The van der Waals surface area contributed by atoms with Gasteiger partial charge in [0.2, 0.25) is 5.91 Å². The molecule has 1 saturated heterocycles. The molecule has 0 bridgehead atoms. The van der Waals surface area contributed by atoms with Crippen LogP contribution < -0.4 is 10.6 Å². The third-order valence-electron chi connectivity index (χ3n) is 3.02. The lowest BCUT2D eigenvalue weighted by Gasteiger charge is -2.18. The first-order valence-corrected chi connectivity index (χ1v) is 7.23. The Hall–Kier alpha value is -0.820. The molecule has 1 fully saturated rings. The molecule has 2 rings (SSSR count). The van der Waals surface area contributed by atoms with E-state index in [1.807, 2.05) is 0 Å². The first kappa shape index (κ1) is 17.2. The van der Waals surface area contributed by atoms with Gasteiger partial charge in [-0.25, -0.2) is 4.39 Å². The Morgan fingerprint density at radius 2 is 2.25 bits per heavy atom. The monoisotopic (exact) mass is 320 g/mol. The van der Waals surface area contributed by atoms with Gasteiger partial charge in [0.1, 0.15) is 5.82 Å². The molecule has 2 N–H and O–H groups in total. The van der Waals surface area contributed by atoms with Crippen molar-refractivity contribution in [1.82, 2.24) is 10.6 Å². The second kappa shape index (κ2) is 8.46. The largest absolute Gasteiger partial charge is 0.375 e. The fourth-order valence-corrected chi connectivity index (χ4v) is 2.84. The summed E-state index contributed by atoms with van der Waals surface area (Å²) in [6.07, 6.45) is -0.265. The SMILES string of the molecule is COC(CNC(=O)C1CSCN1)c1ccc(F)cc1.Cl. The summed E-state index contributed by atoms with van der Waals surface area (Å²) in [5, 5.41) is 5.96. The van der Waals surface area contributed by atoms with Crippen molar-refractivity contribution in [2.24, 2.45) is 0 Å². The lowest BCUT2D eigenvalue weighted by molar-refractivity contribution is -0.123. The number of ether oxygens (including phenoxy) is 1. The van der Waals surface area contributed by atoms with E-state index in [4.69, 9.17) is 4.74 Å². The summed E-state index contributed by atoms with van der Waals surface area (Å²) >= 11 is 1.70. The van der Waals surface area contributed by atoms with Crippen molar-refractivity contribution in [3.05, 3.63) is 35.6 Å². The number of hydrogen-bond acceptors (Lipinski definition) is 4. The number of methoxy groups -OCH3 is 1. The van der Waals surface area contributed by atoms with E-state index in [0.717, 1.165) is 17.2 Å². The van der Waals surface area contributed by atoms with Gasteiger partial charge in [0.15, 0.2) is 0 Å². The van der Waals surface area contributed by atoms with Crippen molar-refractivity contribution in [2.75, 3.05) is 25.3 Å². The molecule has 1 heterocycles. The molecule has 1 aliphatic rings. The Morgan fingerprint density at radius 3 is 2.80 bits per heavy atom. The normalized spacial score (nSPS) is 19.2. The van der Waals surface area contributed by atoms with Gasteiger partial charge in [0, 0.05) is 25.3 Å². The minimum atomic E-state index is -0.283. The maximum absolute atomic E-state index is 12.9. The van der Waals surface area contributed by atoms with Gasteiger partial charge >= 0.3 is 0 Å². The Kier molecular flexibility index (Phi) is 7.29. The number of hydrogen-bond donors (Lipinski definition) is 2. The van der Waals surface area contributed by atoms with Crippen molar-refractivity contribution in [3.8, 4) is 0 Å². The average molecular weight is 321 g/mol. The summed E-state index contributed by atoms with van der Waals surface area (Å²) in [5.74, 6) is 1.30. The van der Waals surface area contributed by atoms with E-state index in [-0.39, 0.29) is 36.3 Å². The Bertz CT molecular complexity index is 427. The van der Waals surface area contributed by atoms with Gasteiger partial charge in [-0.15, -0.1) is 24.2 Å². The summed E-state index contributed by atoms with van der Waals surface area (Å²) in [5.41, 5.74) is 0.845. The van der Waals surface area contributed by atoms with Gasteiger partial charge in [-0.1, -0.05) is 12.1 Å². The van der Waals surface area contributed by atoms with E-state index in [1.54, 1.807) is 31.0 Å². The van der Waals surface area contributed by atoms with Crippen LogP contribution in [0.25, 0.3) is 0 Å². The van der Waals surface area contributed by atoms with Crippen molar-refractivity contribution in [3.63, 3.8) is 0 Å². The zero-order chi connectivity index (χ0) is 13.7. The number of thioether (sulfide) groups is 1. The highest BCUT2D eigenvalue weighted by atomic mass is 35.5. The van der Waals surface area contributed by atoms with Crippen LogP contribution >= 0.6 is 24.2 Å². The third-order valence-corrected chi connectivity index (χ3v) is 3.96. The molecule has 1 aromatic carbocycles. The number of rotatable bonds is 5. The van der Waals surface area contributed by atoms with Crippen LogP contribution in [-0.4, -0.2) is 37.2 Å². The molecule has 1 aliphatic heterocycles. The maximum Gasteiger partial charge on any atom is 0.238 e. The molecule has 0 spiro atoms. The standard InChI is InChI=1S/C13H17FN2O2S.ClH/c1-18-12(9-2-4-10(14)5-3-9)6-15-13(17)11-7-19-8-16-11;/h2-5,11-12,16H,6-8H2,1H3,(H,15,17);1H. The highest BCUT2D eigenvalue weighted by Gasteiger charge is 2.23. The highest BCUT2D eigenvalue weighted by molar-refractivity contribution is 7.99. The molecular formula is C13H18ClFN2O2S. The summed E-state index contributed by atoms with van der Waals surface area (Å²) in [4.78, 5) is 11.8. The van der Waals surface area contributed by atoms with Gasteiger partial charge in [0.05, 0.1) is 12.1 Å². The number of benzene rings is 1. The predicted octanol–water partition coefficient (Wildman–Crippen LogP) is 1.71. The van der Waals surface area contributed by atoms with E-state index in [0.29, 0.717) is 6.54 Å². The first-order chi connectivity index (χ1) is 9.20. The minimum absolute atomic E-state index is 0. The van der Waals surface area contributed by atoms with E-state index >= 15 is 0 Å². The van der Waals surface area contributed by atoms with E-state index < -0.39 is 0 Å². The van der Waals surface area contributed by atoms with Crippen LogP contribution in [0.4, 0.5) is 4.39 Å². The van der Waals surface area contributed by atoms with Crippen LogP contribution in [0.2, 0.25) is 0 Å². The lowest BCUT2D eigenvalue weighted by atomic mass is 10.1. The van der Waals surface area contributed by atoms with Crippen LogP contribution in [-0.2, 0) is 9.53 Å². The molecule has 112 valence electrons. The van der Waals surface area contributed by atoms with Crippen molar-refractivity contribution in [1.29, 1.82) is 0 Å². The highest BCUT2D eigenvalue weighted by Crippen LogP contribution is 2.16. The molecule has 0 saturated carbocycles. The lowest BCUT2D eigenvalue weighted by Crippen LogP contribution is -2.43. The van der Waals surface area contributed by atoms with Crippen LogP contribution in [0.15, 0.2) is 24.3 Å². The Labute approximate surface area is 128 Å². The molecule has 0 aliphatic carbocycles. The van der Waals surface area contributed by atoms with Gasteiger partial charge in [-0.05, 0) is 17.7 Å². The Morgan fingerprint density at radius 1 is 1.55 bits per heavy atom. The summed E-state index contributed by atoms with van der Waals surface area (Å²) in [6.45, 7) is 0.379. The molecule has 2 atom stereocenters. The number of nitrogens with one attached hydrogen (secondary N) is 2. The molecule has 0 radical (unpaired) electrons. The molecule has 4 nitrogen and oxygen atoms in total. The van der Waals surface area contributed by atoms with E-state index in [2.05, 4.69) is 10.6 Å². The second-order valence-electron chi connectivity index (χ2n) is 4.29. The molecule has 7 heteroatoms. The van der Waals surface area contributed by atoms with Crippen LogP contribution in [0.3, 0.4) is 0 Å². The van der Waals surface area contributed by atoms with Crippen molar-refractivity contribution >= 4 is 30.1 Å². The number of halogens is 2. The van der Waals surface area contributed by atoms with Gasteiger partial charge in [-0.2, -0.15) is 0 Å². The van der Waals surface area contributed by atoms with Gasteiger partial charge in [0.25, 0.3) is 0 Å². The molecule has 0 aromatic heterocycles. The van der Waals surface area contributed by atoms with E-state index in [1.165, 1.54) is 12.1 Å². The fourth-order valence-electron chi connectivity index (χ4n) is 1.89. The quantitative estimate of drug-likeness (QED) is 0.867. The summed E-state index contributed by atoms with van der Waals surface area (Å²) in [6, 6.07) is 5.98. The second-order valence-corrected chi connectivity index (χ2v) is 5.32. The van der Waals surface area contributed by atoms with Crippen LogP contribution in [0.5, 0.6) is 0 Å². The maximum atomic E-state index is 12.9.